The minimum atomic E-state index is 0.0313. The molecule has 1 aliphatic carbocycles. The third kappa shape index (κ3) is 3.79. The van der Waals surface area contributed by atoms with Crippen LogP contribution < -0.4 is 11.1 Å². The van der Waals surface area contributed by atoms with Crippen molar-refractivity contribution < 1.29 is 4.79 Å². The van der Waals surface area contributed by atoms with Gasteiger partial charge >= 0.3 is 0 Å². The van der Waals surface area contributed by atoms with Crippen LogP contribution in [0.2, 0.25) is 0 Å². The maximum Gasteiger partial charge on any atom is 0.221 e. The number of nitrogens with zero attached hydrogens (tertiary/aromatic N) is 1. The van der Waals surface area contributed by atoms with Crippen molar-refractivity contribution in [2.75, 3.05) is 6.54 Å². The summed E-state index contributed by atoms with van der Waals surface area (Å²) in [5.41, 5.74) is 5.99. The number of hydrogen-bond donors (Lipinski definition) is 2. The Hall–Kier alpha value is -0.940. The fraction of sp³-hybridized carbons (Fsp3) is 0.733. The summed E-state index contributed by atoms with van der Waals surface area (Å²) in [6.07, 6.45) is 9.08. The van der Waals surface area contributed by atoms with Crippen molar-refractivity contribution in [3.63, 3.8) is 0 Å². The van der Waals surface area contributed by atoms with Crippen molar-refractivity contribution in [1.82, 2.24) is 10.3 Å². The van der Waals surface area contributed by atoms with Crippen LogP contribution in [0.15, 0.2) is 11.6 Å². The van der Waals surface area contributed by atoms with Gasteiger partial charge in [-0.25, -0.2) is 4.98 Å². The van der Waals surface area contributed by atoms with Crippen molar-refractivity contribution >= 4 is 17.2 Å². The van der Waals surface area contributed by atoms with E-state index < -0.39 is 0 Å². The molecule has 112 valence electrons. The molecule has 1 heterocycles. The van der Waals surface area contributed by atoms with Crippen LogP contribution in [-0.4, -0.2) is 17.4 Å². The average molecular weight is 295 g/mol. The van der Waals surface area contributed by atoms with Gasteiger partial charge in [0.05, 0.1) is 6.04 Å². The van der Waals surface area contributed by atoms with Gasteiger partial charge in [-0.3, -0.25) is 4.79 Å². The molecule has 0 radical (unpaired) electrons. The Labute approximate surface area is 125 Å². The molecule has 0 aliphatic heterocycles. The highest BCUT2D eigenvalue weighted by Gasteiger charge is 2.33. The predicted octanol–water partition coefficient (Wildman–Crippen LogP) is 3.01. The number of aromatic nitrogens is 1. The molecule has 1 saturated carbocycles. The minimum Gasteiger partial charge on any atom is -0.347 e. The SMILES string of the molecule is CCC(NC(=O)CC1(CN)CCCCC1)c1nccs1. The molecule has 0 bridgehead atoms. The summed E-state index contributed by atoms with van der Waals surface area (Å²) in [6, 6.07) is 0.0425. The first-order valence-electron chi connectivity index (χ1n) is 7.58. The summed E-state index contributed by atoms with van der Waals surface area (Å²) in [5.74, 6) is 0.124. The lowest BCUT2D eigenvalue weighted by atomic mass is 9.71. The molecule has 1 unspecified atom stereocenters. The molecule has 0 spiro atoms. The topological polar surface area (TPSA) is 68.0 Å². The van der Waals surface area contributed by atoms with E-state index in [4.69, 9.17) is 5.73 Å². The first-order valence-corrected chi connectivity index (χ1v) is 8.46. The van der Waals surface area contributed by atoms with Gasteiger partial charge in [-0.2, -0.15) is 0 Å². The summed E-state index contributed by atoms with van der Waals surface area (Å²) in [4.78, 5) is 16.7. The normalized spacial score (nSPS) is 19.5. The van der Waals surface area contributed by atoms with Gasteiger partial charge in [-0.15, -0.1) is 11.3 Å². The molecule has 3 N–H and O–H groups in total. The Kier molecular flexibility index (Phi) is 5.54. The van der Waals surface area contributed by atoms with Crippen LogP contribution in [-0.2, 0) is 4.79 Å². The molecular weight excluding hydrogens is 270 g/mol. The van der Waals surface area contributed by atoms with Gasteiger partial charge in [-0.1, -0.05) is 26.2 Å². The van der Waals surface area contributed by atoms with Crippen LogP contribution in [0.4, 0.5) is 0 Å². The van der Waals surface area contributed by atoms with Crippen LogP contribution in [0.1, 0.15) is 62.9 Å². The van der Waals surface area contributed by atoms with E-state index in [9.17, 15) is 4.79 Å². The van der Waals surface area contributed by atoms with Crippen molar-refractivity contribution in [1.29, 1.82) is 0 Å². The lowest BCUT2D eigenvalue weighted by Gasteiger charge is -2.36. The number of hydrogen-bond acceptors (Lipinski definition) is 4. The van der Waals surface area contributed by atoms with E-state index in [1.54, 1.807) is 17.5 Å². The van der Waals surface area contributed by atoms with Gasteiger partial charge in [0, 0.05) is 18.0 Å². The van der Waals surface area contributed by atoms with Gasteiger partial charge < -0.3 is 11.1 Å². The monoisotopic (exact) mass is 295 g/mol. The smallest absolute Gasteiger partial charge is 0.221 e. The summed E-state index contributed by atoms with van der Waals surface area (Å²) < 4.78 is 0. The summed E-state index contributed by atoms with van der Waals surface area (Å²) in [5, 5.41) is 6.07. The van der Waals surface area contributed by atoms with Gasteiger partial charge in [0.25, 0.3) is 0 Å². The Morgan fingerprint density at radius 3 is 2.80 bits per heavy atom. The van der Waals surface area contributed by atoms with Crippen molar-refractivity contribution in [2.45, 2.75) is 57.9 Å². The molecule has 1 amide bonds. The lowest BCUT2D eigenvalue weighted by Crippen LogP contribution is -2.39. The maximum absolute atomic E-state index is 12.4. The Balaban J connectivity index is 1.93. The molecule has 1 aromatic rings. The van der Waals surface area contributed by atoms with Gasteiger partial charge in [0.1, 0.15) is 5.01 Å². The van der Waals surface area contributed by atoms with E-state index >= 15 is 0 Å². The summed E-state index contributed by atoms with van der Waals surface area (Å²) in [6.45, 7) is 2.69. The van der Waals surface area contributed by atoms with E-state index in [-0.39, 0.29) is 17.4 Å². The zero-order valence-corrected chi connectivity index (χ0v) is 13.0. The Bertz CT molecular complexity index is 413. The van der Waals surface area contributed by atoms with Crippen LogP contribution >= 0.6 is 11.3 Å². The highest BCUT2D eigenvalue weighted by atomic mass is 32.1. The van der Waals surface area contributed by atoms with E-state index in [0.717, 1.165) is 24.3 Å². The molecule has 20 heavy (non-hydrogen) atoms. The highest BCUT2D eigenvalue weighted by molar-refractivity contribution is 7.09. The third-order valence-electron chi connectivity index (χ3n) is 4.38. The Morgan fingerprint density at radius 1 is 1.50 bits per heavy atom. The van der Waals surface area contributed by atoms with Crippen LogP contribution in [0.3, 0.4) is 0 Å². The van der Waals surface area contributed by atoms with Crippen molar-refractivity contribution in [3.8, 4) is 0 Å². The molecular formula is C15H25N3OS. The molecule has 1 fully saturated rings. The molecule has 1 aromatic heterocycles. The minimum absolute atomic E-state index is 0.0313. The van der Waals surface area contributed by atoms with Crippen LogP contribution in [0, 0.1) is 5.41 Å². The fourth-order valence-corrected chi connectivity index (χ4v) is 3.86. The molecule has 0 saturated heterocycles. The molecule has 0 aromatic carbocycles. The quantitative estimate of drug-likeness (QED) is 0.847. The number of rotatable bonds is 6. The first kappa shape index (κ1) is 15.4. The number of amides is 1. The van der Waals surface area contributed by atoms with E-state index in [1.165, 1.54) is 19.3 Å². The number of carbonyl (C=O) groups is 1. The Morgan fingerprint density at radius 2 is 2.25 bits per heavy atom. The average Bonchev–Trinajstić information content (AvgIpc) is 3.00. The molecule has 5 heteroatoms. The first-order chi connectivity index (χ1) is 9.69. The number of nitrogens with one attached hydrogen (secondary N) is 1. The summed E-state index contributed by atoms with van der Waals surface area (Å²) >= 11 is 1.60. The van der Waals surface area contributed by atoms with Crippen molar-refractivity contribution in [2.24, 2.45) is 11.1 Å². The number of thiazole rings is 1. The van der Waals surface area contributed by atoms with Gasteiger partial charge in [0.2, 0.25) is 5.91 Å². The van der Waals surface area contributed by atoms with E-state index in [1.807, 2.05) is 5.38 Å². The zero-order valence-electron chi connectivity index (χ0n) is 12.2. The maximum atomic E-state index is 12.4. The molecule has 1 aliphatic rings. The standard InChI is InChI=1S/C15H25N3OS/c1-2-12(14-17-8-9-20-14)18-13(19)10-15(11-16)6-4-3-5-7-15/h8-9,12H,2-7,10-11,16H2,1H3,(H,18,19). The zero-order chi connectivity index (χ0) is 14.4. The second kappa shape index (κ2) is 7.18. The highest BCUT2D eigenvalue weighted by Crippen LogP contribution is 2.38. The van der Waals surface area contributed by atoms with E-state index in [0.29, 0.717) is 13.0 Å². The second-order valence-electron chi connectivity index (χ2n) is 5.84. The fourth-order valence-electron chi connectivity index (χ4n) is 3.09. The largest absolute Gasteiger partial charge is 0.347 e. The van der Waals surface area contributed by atoms with Gasteiger partial charge in [-0.05, 0) is 31.2 Å². The molecule has 1 atom stereocenters. The predicted molar refractivity (Wildman–Crippen MR) is 82.5 cm³/mol. The van der Waals surface area contributed by atoms with Crippen molar-refractivity contribution in [3.05, 3.63) is 16.6 Å². The number of nitrogens with two attached hydrogens (primary N) is 1. The second-order valence-corrected chi connectivity index (χ2v) is 6.77. The van der Waals surface area contributed by atoms with Crippen LogP contribution in [0.25, 0.3) is 0 Å². The lowest BCUT2D eigenvalue weighted by molar-refractivity contribution is -0.124. The number of carbonyl (C=O) groups excluding carboxylic acids is 1. The third-order valence-corrected chi connectivity index (χ3v) is 5.26. The summed E-state index contributed by atoms with van der Waals surface area (Å²) in [7, 11) is 0. The van der Waals surface area contributed by atoms with Crippen LogP contribution in [0.5, 0.6) is 0 Å². The van der Waals surface area contributed by atoms with Gasteiger partial charge in [0.15, 0.2) is 0 Å². The van der Waals surface area contributed by atoms with E-state index in [2.05, 4.69) is 17.2 Å². The molecule has 2 rings (SSSR count). The molecule has 4 nitrogen and oxygen atoms in total.